The Hall–Kier alpha value is -0.930. The van der Waals surface area contributed by atoms with Gasteiger partial charge in [-0.05, 0) is 37.1 Å². The van der Waals surface area contributed by atoms with Crippen molar-refractivity contribution in [2.45, 2.75) is 19.3 Å². The largest absolute Gasteiger partial charge is 0.379 e. The molecule has 1 unspecified atom stereocenters. The monoisotopic (exact) mass is 234 g/mol. The van der Waals surface area contributed by atoms with Gasteiger partial charge in [0.1, 0.15) is 0 Å². The summed E-state index contributed by atoms with van der Waals surface area (Å²) in [5.41, 5.74) is 1.48. The first-order valence-electron chi connectivity index (χ1n) is 6.33. The summed E-state index contributed by atoms with van der Waals surface area (Å²) in [5.74, 6) is 1.22. The van der Waals surface area contributed by atoms with E-state index in [1.54, 1.807) is 0 Å². The number of hydrogen-bond acceptors (Lipinski definition) is 3. The molecule has 0 spiro atoms. The van der Waals surface area contributed by atoms with Gasteiger partial charge in [0.05, 0.1) is 13.2 Å². The zero-order chi connectivity index (χ0) is 12.3. The van der Waals surface area contributed by atoms with Gasteiger partial charge in [-0.15, -0.1) is 0 Å². The van der Waals surface area contributed by atoms with E-state index in [0.717, 1.165) is 19.8 Å². The van der Waals surface area contributed by atoms with Crippen LogP contribution in [0.25, 0.3) is 0 Å². The van der Waals surface area contributed by atoms with Crippen LogP contribution in [0.4, 0.5) is 0 Å². The molecule has 1 aromatic rings. The summed E-state index contributed by atoms with van der Waals surface area (Å²) in [6.45, 7) is 7.25. The molecular weight excluding hydrogens is 212 g/mol. The SMILES string of the molecule is CNCC(C(C)C)C1(c2cccnc2)COC1. The van der Waals surface area contributed by atoms with Crippen LogP contribution in [0.1, 0.15) is 19.4 Å². The maximum absolute atomic E-state index is 5.51. The lowest BCUT2D eigenvalue weighted by atomic mass is 9.65. The van der Waals surface area contributed by atoms with Crippen molar-refractivity contribution in [2.75, 3.05) is 26.8 Å². The second-order valence-electron chi connectivity index (χ2n) is 5.30. The average molecular weight is 234 g/mol. The number of rotatable bonds is 5. The van der Waals surface area contributed by atoms with Gasteiger partial charge in [-0.3, -0.25) is 4.98 Å². The fraction of sp³-hybridized carbons (Fsp3) is 0.643. The van der Waals surface area contributed by atoms with Crippen molar-refractivity contribution in [3.8, 4) is 0 Å². The Morgan fingerprint density at radius 1 is 1.47 bits per heavy atom. The molecule has 1 N–H and O–H groups in total. The van der Waals surface area contributed by atoms with Gasteiger partial charge in [-0.25, -0.2) is 0 Å². The van der Waals surface area contributed by atoms with E-state index in [0.29, 0.717) is 11.8 Å². The highest BCUT2D eigenvalue weighted by Gasteiger charge is 2.47. The third-order valence-corrected chi connectivity index (χ3v) is 3.89. The quantitative estimate of drug-likeness (QED) is 0.844. The van der Waals surface area contributed by atoms with Gasteiger partial charge in [0.15, 0.2) is 0 Å². The highest BCUT2D eigenvalue weighted by Crippen LogP contribution is 2.42. The van der Waals surface area contributed by atoms with E-state index in [4.69, 9.17) is 4.74 Å². The molecule has 1 aromatic heterocycles. The summed E-state index contributed by atoms with van der Waals surface area (Å²) >= 11 is 0. The predicted octanol–water partition coefficient (Wildman–Crippen LogP) is 1.84. The Bertz CT molecular complexity index is 346. The van der Waals surface area contributed by atoms with Crippen molar-refractivity contribution in [1.29, 1.82) is 0 Å². The summed E-state index contributed by atoms with van der Waals surface area (Å²) in [6, 6.07) is 4.20. The van der Waals surface area contributed by atoms with Gasteiger partial charge in [-0.1, -0.05) is 19.9 Å². The minimum absolute atomic E-state index is 0.158. The molecule has 0 amide bonds. The summed E-state index contributed by atoms with van der Waals surface area (Å²) in [6.07, 6.45) is 3.83. The van der Waals surface area contributed by atoms with Gasteiger partial charge in [-0.2, -0.15) is 0 Å². The second-order valence-corrected chi connectivity index (χ2v) is 5.30. The Kier molecular flexibility index (Phi) is 3.79. The molecule has 3 heteroatoms. The van der Waals surface area contributed by atoms with Crippen molar-refractivity contribution in [2.24, 2.45) is 11.8 Å². The zero-order valence-corrected chi connectivity index (χ0v) is 10.9. The van der Waals surface area contributed by atoms with Gasteiger partial charge in [0.2, 0.25) is 0 Å². The van der Waals surface area contributed by atoms with Crippen LogP contribution in [0, 0.1) is 11.8 Å². The van der Waals surface area contributed by atoms with E-state index in [1.165, 1.54) is 5.56 Å². The van der Waals surface area contributed by atoms with Crippen LogP contribution in [0.2, 0.25) is 0 Å². The molecule has 3 nitrogen and oxygen atoms in total. The Morgan fingerprint density at radius 3 is 2.65 bits per heavy atom. The normalized spacial score (nSPS) is 20.0. The molecule has 0 radical (unpaired) electrons. The molecule has 1 saturated heterocycles. The molecule has 17 heavy (non-hydrogen) atoms. The van der Waals surface area contributed by atoms with E-state index in [-0.39, 0.29) is 5.41 Å². The smallest absolute Gasteiger partial charge is 0.0589 e. The summed E-state index contributed by atoms with van der Waals surface area (Å²) in [4.78, 5) is 4.26. The molecule has 0 aliphatic carbocycles. The zero-order valence-electron chi connectivity index (χ0n) is 10.9. The molecule has 0 aromatic carbocycles. The van der Waals surface area contributed by atoms with E-state index < -0.39 is 0 Å². The van der Waals surface area contributed by atoms with Crippen LogP contribution in [-0.2, 0) is 10.2 Å². The minimum atomic E-state index is 0.158. The third kappa shape index (κ3) is 2.22. The minimum Gasteiger partial charge on any atom is -0.379 e. The van der Waals surface area contributed by atoms with Crippen molar-refractivity contribution in [3.05, 3.63) is 30.1 Å². The van der Waals surface area contributed by atoms with Crippen LogP contribution in [0.5, 0.6) is 0 Å². The predicted molar refractivity (Wildman–Crippen MR) is 69.0 cm³/mol. The fourth-order valence-corrected chi connectivity index (χ4v) is 2.86. The molecule has 0 bridgehead atoms. The van der Waals surface area contributed by atoms with Crippen molar-refractivity contribution >= 4 is 0 Å². The highest BCUT2D eigenvalue weighted by molar-refractivity contribution is 5.27. The standard InChI is InChI=1S/C14H22N2O/c1-11(2)13(8-15-3)14(9-17-10-14)12-5-4-6-16-7-12/h4-7,11,13,15H,8-10H2,1-3H3. The Balaban J connectivity index is 2.29. The van der Waals surface area contributed by atoms with Crippen LogP contribution in [0.15, 0.2) is 24.5 Å². The van der Waals surface area contributed by atoms with Crippen LogP contribution < -0.4 is 5.32 Å². The maximum Gasteiger partial charge on any atom is 0.0589 e. The maximum atomic E-state index is 5.51. The topological polar surface area (TPSA) is 34.2 Å². The highest BCUT2D eigenvalue weighted by atomic mass is 16.5. The lowest BCUT2D eigenvalue weighted by Crippen LogP contribution is -2.56. The third-order valence-electron chi connectivity index (χ3n) is 3.89. The lowest BCUT2D eigenvalue weighted by Gasteiger charge is -2.49. The van der Waals surface area contributed by atoms with Crippen LogP contribution >= 0.6 is 0 Å². The summed E-state index contributed by atoms with van der Waals surface area (Å²) in [5, 5.41) is 3.32. The van der Waals surface area contributed by atoms with Gasteiger partial charge in [0.25, 0.3) is 0 Å². The lowest BCUT2D eigenvalue weighted by molar-refractivity contribution is -0.0997. The first-order valence-corrected chi connectivity index (χ1v) is 6.33. The van der Waals surface area contributed by atoms with E-state index in [2.05, 4.69) is 30.2 Å². The molecule has 0 saturated carbocycles. The van der Waals surface area contributed by atoms with Gasteiger partial charge < -0.3 is 10.1 Å². The first-order chi connectivity index (χ1) is 8.20. The summed E-state index contributed by atoms with van der Waals surface area (Å²) < 4.78 is 5.51. The Morgan fingerprint density at radius 2 is 2.24 bits per heavy atom. The van der Waals surface area contributed by atoms with E-state index in [9.17, 15) is 0 Å². The fourth-order valence-electron chi connectivity index (χ4n) is 2.86. The van der Waals surface area contributed by atoms with Crippen molar-refractivity contribution in [1.82, 2.24) is 10.3 Å². The molecule has 2 heterocycles. The molecule has 1 aliphatic heterocycles. The molecule has 1 fully saturated rings. The van der Waals surface area contributed by atoms with Crippen molar-refractivity contribution in [3.63, 3.8) is 0 Å². The number of hydrogen-bond donors (Lipinski definition) is 1. The van der Waals surface area contributed by atoms with E-state index >= 15 is 0 Å². The Labute approximate surface area is 104 Å². The van der Waals surface area contributed by atoms with Crippen LogP contribution in [-0.4, -0.2) is 31.8 Å². The molecule has 1 aliphatic rings. The van der Waals surface area contributed by atoms with Gasteiger partial charge in [0, 0.05) is 17.8 Å². The number of nitrogens with one attached hydrogen (secondary N) is 1. The number of ether oxygens (including phenoxy) is 1. The number of nitrogens with zero attached hydrogens (tertiary/aromatic N) is 1. The molecule has 1 atom stereocenters. The second kappa shape index (κ2) is 5.15. The van der Waals surface area contributed by atoms with Crippen molar-refractivity contribution < 1.29 is 4.74 Å². The molecule has 94 valence electrons. The first kappa shape index (κ1) is 12.5. The van der Waals surface area contributed by atoms with E-state index in [1.807, 2.05) is 25.5 Å². The van der Waals surface area contributed by atoms with Gasteiger partial charge >= 0.3 is 0 Å². The molecule has 2 rings (SSSR count). The summed E-state index contributed by atoms with van der Waals surface area (Å²) in [7, 11) is 2.02. The molecular formula is C14H22N2O. The van der Waals surface area contributed by atoms with Crippen LogP contribution in [0.3, 0.4) is 0 Å². The number of aromatic nitrogens is 1. The number of pyridine rings is 1. The average Bonchev–Trinajstić information content (AvgIpc) is 2.28.